The fraction of sp³-hybridized carbons (Fsp3) is 0.0909. The summed E-state index contributed by atoms with van der Waals surface area (Å²) >= 11 is 0. The van der Waals surface area contributed by atoms with Crippen molar-refractivity contribution >= 4 is 16.9 Å². The summed E-state index contributed by atoms with van der Waals surface area (Å²) in [6.45, 7) is 0. The Morgan fingerprint density at radius 3 is 2.87 bits per heavy atom. The molecule has 4 nitrogen and oxygen atoms in total. The minimum absolute atomic E-state index is 0.128. The summed E-state index contributed by atoms with van der Waals surface area (Å²) in [5, 5.41) is 9.81. The molecule has 0 radical (unpaired) electrons. The molecule has 1 aromatic heterocycles. The predicted molar refractivity (Wildman–Crippen MR) is 55.3 cm³/mol. The van der Waals surface area contributed by atoms with E-state index in [4.69, 9.17) is 9.84 Å². The van der Waals surface area contributed by atoms with Crippen LogP contribution in [0.5, 0.6) is 5.75 Å². The van der Waals surface area contributed by atoms with Crippen LogP contribution in [0, 0.1) is 0 Å². The highest BCUT2D eigenvalue weighted by Gasteiger charge is 2.14. The van der Waals surface area contributed by atoms with Crippen LogP contribution >= 0.6 is 0 Å². The van der Waals surface area contributed by atoms with E-state index in [2.05, 4.69) is 4.98 Å². The zero-order valence-corrected chi connectivity index (χ0v) is 8.10. The smallest absolute Gasteiger partial charge is 0.339 e. The van der Waals surface area contributed by atoms with Gasteiger partial charge in [0.15, 0.2) is 5.75 Å². The molecular weight excluding hydrogens is 194 g/mol. The van der Waals surface area contributed by atoms with Crippen LogP contribution in [0.4, 0.5) is 0 Å². The quantitative estimate of drug-likeness (QED) is 0.810. The third kappa shape index (κ3) is 1.50. The van der Waals surface area contributed by atoms with Crippen molar-refractivity contribution in [2.45, 2.75) is 0 Å². The van der Waals surface area contributed by atoms with E-state index in [0.29, 0.717) is 11.3 Å². The van der Waals surface area contributed by atoms with Gasteiger partial charge in [0, 0.05) is 11.6 Å². The van der Waals surface area contributed by atoms with Crippen molar-refractivity contribution in [3.05, 3.63) is 36.0 Å². The monoisotopic (exact) mass is 203 g/mol. The first-order chi connectivity index (χ1) is 7.24. The number of fused-ring (bicyclic) bond motifs is 1. The molecule has 4 heteroatoms. The topological polar surface area (TPSA) is 59.4 Å². The van der Waals surface area contributed by atoms with Crippen molar-refractivity contribution in [2.24, 2.45) is 0 Å². The van der Waals surface area contributed by atoms with E-state index >= 15 is 0 Å². The first kappa shape index (κ1) is 9.45. The molecular formula is C11H9NO3. The van der Waals surface area contributed by atoms with Gasteiger partial charge in [0.1, 0.15) is 11.1 Å². The van der Waals surface area contributed by atoms with Gasteiger partial charge in [0.2, 0.25) is 0 Å². The molecule has 1 N–H and O–H groups in total. The van der Waals surface area contributed by atoms with Gasteiger partial charge in [-0.05, 0) is 12.1 Å². The second-order valence-corrected chi connectivity index (χ2v) is 3.03. The number of carboxylic acids is 1. The molecule has 0 unspecified atom stereocenters. The zero-order valence-electron chi connectivity index (χ0n) is 8.10. The lowest BCUT2D eigenvalue weighted by atomic mass is 10.1. The van der Waals surface area contributed by atoms with Gasteiger partial charge in [-0.15, -0.1) is 0 Å². The molecule has 0 saturated heterocycles. The SMILES string of the molecule is COc1c(C(=O)O)ccc2cccnc12. The number of rotatable bonds is 2. The van der Waals surface area contributed by atoms with E-state index in [1.165, 1.54) is 13.2 Å². The molecule has 0 atom stereocenters. The molecule has 0 aliphatic rings. The number of carbonyl (C=O) groups is 1. The maximum atomic E-state index is 10.9. The molecule has 2 rings (SSSR count). The highest BCUT2D eigenvalue weighted by atomic mass is 16.5. The summed E-state index contributed by atoms with van der Waals surface area (Å²) in [6, 6.07) is 6.89. The Morgan fingerprint density at radius 2 is 2.20 bits per heavy atom. The lowest BCUT2D eigenvalue weighted by molar-refractivity contribution is 0.0693. The number of carboxylic acid groups (broad SMARTS) is 1. The summed E-state index contributed by atoms with van der Waals surface area (Å²) in [7, 11) is 1.44. The number of hydrogen-bond acceptors (Lipinski definition) is 3. The number of pyridine rings is 1. The summed E-state index contributed by atoms with van der Waals surface area (Å²) in [5.41, 5.74) is 0.698. The van der Waals surface area contributed by atoms with Gasteiger partial charge in [-0.1, -0.05) is 12.1 Å². The van der Waals surface area contributed by atoms with E-state index < -0.39 is 5.97 Å². The number of methoxy groups -OCH3 is 1. The van der Waals surface area contributed by atoms with E-state index in [9.17, 15) is 4.79 Å². The normalized spacial score (nSPS) is 10.2. The molecule has 0 saturated carbocycles. The second kappa shape index (κ2) is 3.57. The third-order valence-electron chi connectivity index (χ3n) is 2.16. The molecule has 0 bridgehead atoms. The Bertz CT molecular complexity index is 522. The van der Waals surface area contributed by atoms with E-state index in [1.807, 2.05) is 6.07 Å². The minimum Gasteiger partial charge on any atom is -0.494 e. The van der Waals surface area contributed by atoms with Gasteiger partial charge < -0.3 is 9.84 Å². The molecule has 15 heavy (non-hydrogen) atoms. The molecule has 76 valence electrons. The largest absolute Gasteiger partial charge is 0.494 e. The molecule has 0 amide bonds. The van der Waals surface area contributed by atoms with Crippen molar-refractivity contribution in [1.82, 2.24) is 4.98 Å². The summed E-state index contributed by atoms with van der Waals surface area (Å²) in [6.07, 6.45) is 1.61. The zero-order chi connectivity index (χ0) is 10.8. The summed E-state index contributed by atoms with van der Waals surface area (Å²) in [4.78, 5) is 15.0. The number of nitrogens with zero attached hydrogens (tertiary/aromatic N) is 1. The average molecular weight is 203 g/mol. The van der Waals surface area contributed by atoms with Crippen molar-refractivity contribution in [3.8, 4) is 5.75 Å². The standard InChI is InChI=1S/C11H9NO3/c1-15-10-8(11(13)14)5-4-7-3-2-6-12-9(7)10/h2-6H,1H3,(H,13,14). The number of ether oxygens (including phenoxy) is 1. The highest BCUT2D eigenvalue weighted by molar-refractivity contribution is 5.98. The summed E-state index contributed by atoms with van der Waals surface area (Å²) in [5.74, 6) is -0.708. The van der Waals surface area contributed by atoms with E-state index in [-0.39, 0.29) is 5.56 Å². The van der Waals surface area contributed by atoms with Gasteiger partial charge in [0.25, 0.3) is 0 Å². The molecule has 1 heterocycles. The summed E-state index contributed by atoms with van der Waals surface area (Å²) < 4.78 is 5.08. The number of benzene rings is 1. The van der Waals surface area contributed by atoms with Crippen LogP contribution in [0.2, 0.25) is 0 Å². The van der Waals surface area contributed by atoms with Crippen LogP contribution in [0.25, 0.3) is 10.9 Å². The fourth-order valence-electron chi connectivity index (χ4n) is 1.49. The van der Waals surface area contributed by atoms with Crippen molar-refractivity contribution in [3.63, 3.8) is 0 Å². The molecule has 2 aromatic rings. The van der Waals surface area contributed by atoms with Gasteiger partial charge >= 0.3 is 5.97 Å². The lowest BCUT2D eigenvalue weighted by Gasteiger charge is -2.07. The Hall–Kier alpha value is -2.10. The van der Waals surface area contributed by atoms with Gasteiger partial charge in [0.05, 0.1) is 7.11 Å². The predicted octanol–water partition coefficient (Wildman–Crippen LogP) is 1.94. The average Bonchev–Trinajstić information content (AvgIpc) is 2.27. The number of aromatic carboxylic acids is 1. The lowest BCUT2D eigenvalue weighted by Crippen LogP contribution is -2.01. The van der Waals surface area contributed by atoms with Crippen LogP contribution in [0.1, 0.15) is 10.4 Å². The van der Waals surface area contributed by atoms with Crippen LogP contribution in [-0.2, 0) is 0 Å². The molecule has 1 aromatic carbocycles. The van der Waals surface area contributed by atoms with Crippen molar-refractivity contribution in [1.29, 1.82) is 0 Å². The van der Waals surface area contributed by atoms with Crippen LogP contribution < -0.4 is 4.74 Å². The van der Waals surface area contributed by atoms with Crippen LogP contribution in [-0.4, -0.2) is 23.2 Å². The second-order valence-electron chi connectivity index (χ2n) is 3.03. The van der Waals surface area contributed by atoms with Crippen molar-refractivity contribution in [2.75, 3.05) is 7.11 Å². The first-order valence-corrected chi connectivity index (χ1v) is 4.39. The van der Waals surface area contributed by atoms with E-state index in [0.717, 1.165) is 5.39 Å². The van der Waals surface area contributed by atoms with Gasteiger partial charge in [-0.25, -0.2) is 4.79 Å². The van der Waals surface area contributed by atoms with Gasteiger partial charge in [-0.3, -0.25) is 4.98 Å². The Balaban J connectivity index is 2.81. The molecule has 0 fully saturated rings. The Labute approximate surface area is 86.1 Å². The van der Waals surface area contributed by atoms with Crippen molar-refractivity contribution < 1.29 is 14.6 Å². The Kier molecular flexibility index (Phi) is 2.25. The van der Waals surface area contributed by atoms with Gasteiger partial charge in [-0.2, -0.15) is 0 Å². The van der Waals surface area contributed by atoms with E-state index in [1.54, 1.807) is 18.3 Å². The molecule has 0 spiro atoms. The maximum absolute atomic E-state index is 10.9. The molecule has 0 aliphatic heterocycles. The molecule has 0 aliphatic carbocycles. The van der Waals surface area contributed by atoms with Crippen LogP contribution in [0.3, 0.4) is 0 Å². The first-order valence-electron chi connectivity index (χ1n) is 4.39. The minimum atomic E-state index is -1.01. The number of aromatic nitrogens is 1. The fourth-order valence-corrected chi connectivity index (χ4v) is 1.49. The number of hydrogen-bond donors (Lipinski definition) is 1. The Morgan fingerprint density at radius 1 is 1.40 bits per heavy atom. The maximum Gasteiger partial charge on any atom is 0.339 e. The highest BCUT2D eigenvalue weighted by Crippen LogP contribution is 2.27. The van der Waals surface area contributed by atoms with Crippen LogP contribution in [0.15, 0.2) is 30.5 Å². The third-order valence-corrected chi connectivity index (χ3v) is 2.16.